The highest BCUT2D eigenvalue weighted by Crippen LogP contribution is 2.43. The minimum Gasteiger partial charge on any atom is -0.497 e. The van der Waals surface area contributed by atoms with E-state index in [4.69, 9.17) is 15.2 Å². The lowest BCUT2D eigenvalue weighted by molar-refractivity contribution is 0.394. The number of sulfone groups is 1. The van der Waals surface area contributed by atoms with Crippen LogP contribution < -0.4 is 15.2 Å². The number of nitrogens with two attached hydrogens (primary N) is 1. The number of benzene rings is 2. The second-order valence-corrected chi connectivity index (χ2v) is 9.43. The molecule has 0 spiro atoms. The molecule has 2 aromatic carbocycles. The first kappa shape index (κ1) is 20.7. The van der Waals surface area contributed by atoms with E-state index < -0.39 is 9.84 Å². The molecule has 8 heteroatoms. The van der Waals surface area contributed by atoms with Gasteiger partial charge in [0.05, 0.1) is 30.6 Å². The number of rotatable bonds is 3. The molecule has 2 N–H and O–H groups in total. The SMILES string of the molecule is COc1cc(OC)cc(-c2nc(N)c(C#N)c3c2CCS(=O)(=O)c2ccc(C)cc2-3)c1. The van der Waals surface area contributed by atoms with Crippen molar-refractivity contribution in [3.05, 3.63) is 53.1 Å². The van der Waals surface area contributed by atoms with Crippen LogP contribution in [0.15, 0.2) is 41.3 Å². The average Bonchev–Trinajstić information content (AvgIpc) is 2.87. The number of hydrogen-bond acceptors (Lipinski definition) is 7. The van der Waals surface area contributed by atoms with Gasteiger partial charge in [0.25, 0.3) is 0 Å². The molecule has 4 rings (SSSR count). The van der Waals surface area contributed by atoms with Gasteiger partial charge in [-0.15, -0.1) is 0 Å². The molecule has 0 amide bonds. The van der Waals surface area contributed by atoms with Crippen molar-refractivity contribution in [2.75, 3.05) is 25.7 Å². The molecule has 0 bridgehead atoms. The monoisotopic (exact) mass is 435 g/mol. The van der Waals surface area contributed by atoms with E-state index in [1.54, 1.807) is 50.6 Å². The predicted octanol–water partition coefficient (Wildman–Crippen LogP) is 3.52. The number of pyridine rings is 1. The van der Waals surface area contributed by atoms with Crippen LogP contribution >= 0.6 is 0 Å². The summed E-state index contributed by atoms with van der Waals surface area (Å²) in [5, 5.41) is 9.86. The second kappa shape index (κ2) is 7.60. The highest BCUT2D eigenvalue weighted by atomic mass is 32.2. The highest BCUT2D eigenvalue weighted by Gasteiger charge is 2.31. The van der Waals surface area contributed by atoms with E-state index in [0.717, 1.165) is 5.56 Å². The summed E-state index contributed by atoms with van der Waals surface area (Å²) < 4.78 is 36.8. The molecule has 158 valence electrons. The number of hydrogen-bond donors (Lipinski definition) is 1. The van der Waals surface area contributed by atoms with E-state index in [0.29, 0.717) is 39.4 Å². The summed E-state index contributed by atoms with van der Waals surface area (Å²) in [6.45, 7) is 1.88. The van der Waals surface area contributed by atoms with Crippen LogP contribution in [0, 0.1) is 18.3 Å². The molecule has 2 heterocycles. The maximum Gasteiger partial charge on any atom is 0.179 e. The number of aryl methyl sites for hydroxylation is 1. The number of methoxy groups -OCH3 is 2. The molecule has 0 fully saturated rings. The van der Waals surface area contributed by atoms with E-state index in [1.165, 1.54) is 0 Å². The van der Waals surface area contributed by atoms with E-state index >= 15 is 0 Å². The summed E-state index contributed by atoms with van der Waals surface area (Å²) >= 11 is 0. The van der Waals surface area contributed by atoms with Crippen molar-refractivity contribution >= 4 is 15.7 Å². The Kier molecular flexibility index (Phi) is 5.07. The smallest absolute Gasteiger partial charge is 0.179 e. The summed E-state index contributed by atoms with van der Waals surface area (Å²) in [5.74, 6) is 1.07. The molecular weight excluding hydrogens is 414 g/mol. The van der Waals surface area contributed by atoms with E-state index in [-0.39, 0.29) is 28.5 Å². The van der Waals surface area contributed by atoms with Crippen LogP contribution in [0.1, 0.15) is 16.7 Å². The van der Waals surface area contributed by atoms with E-state index in [2.05, 4.69) is 11.1 Å². The Bertz CT molecular complexity index is 1340. The summed E-state index contributed by atoms with van der Waals surface area (Å²) in [5.41, 5.74) is 10.1. The quantitative estimate of drug-likeness (QED) is 0.669. The van der Waals surface area contributed by atoms with E-state index in [1.807, 2.05) is 6.92 Å². The Labute approximate surface area is 181 Å². The normalized spacial score (nSPS) is 14.0. The second-order valence-electron chi connectivity index (χ2n) is 7.36. The van der Waals surface area contributed by atoms with Crippen LogP contribution in [-0.4, -0.2) is 33.4 Å². The largest absolute Gasteiger partial charge is 0.497 e. The molecule has 3 aromatic rings. The van der Waals surface area contributed by atoms with Crippen LogP contribution in [0.2, 0.25) is 0 Å². The number of aromatic nitrogens is 1. The molecule has 7 nitrogen and oxygen atoms in total. The minimum absolute atomic E-state index is 0.0461. The number of nitriles is 1. The van der Waals surface area contributed by atoms with Gasteiger partial charge < -0.3 is 15.2 Å². The molecule has 0 saturated heterocycles. The molecule has 1 aliphatic rings. The van der Waals surface area contributed by atoms with Crippen LogP contribution in [-0.2, 0) is 16.3 Å². The van der Waals surface area contributed by atoms with Gasteiger partial charge in [-0.1, -0.05) is 17.7 Å². The number of nitrogen functional groups attached to an aromatic ring is 1. The van der Waals surface area contributed by atoms with Crippen molar-refractivity contribution in [1.82, 2.24) is 4.98 Å². The third-order valence-electron chi connectivity index (χ3n) is 5.42. The molecular formula is C23H21N3O4S. The van der Waals surface area contributed by atoms with Crippen molar-refractivity contribution in [2.24, 2.45) is 0 Å². The number of fused-ring (bicyclic) bond motifs is 3. The number of anilines is 1. The molecule has 0 aliphatic carbocycles. The Balaban J connectivity index is 2.13. The van der Waals surface area contributed by atoms with Gasteiger partial charge in [-0.05, 0) is 37.1 Å². The zero-order valence-electron chi connectivity index (χ0n) is 17.4. The first-order valence-electron chi connectivity index (χ1n) is 9.58. The molecule has 0 saturated carbocycles. The van der Waals surface area contributed by atoms with Crippen LogP contribution in [0.4, 0.5) is 5.82 Å². The lowest BCUT2D eigenvalue weighted by Gasteiger charge is -2.17. The van der Waals surface area contributed by atoms with Crippen molar-refractivity contribution < 1.29 is 17.9 Å². The van der Waals surface area contributed by atoms with Gasteiger partial charge in [-0.2, -0.15) is 5.26 Å². The molecule has 0 radical (unpaired) electrons. The summed E-state index contributed by atoms with van der Waals surface area (Å²) in [6.07, 6.45) is 0.197. The Morgan fingerprint density at radius 2 is 1.77 bits per heavy atom. The lowest BCUT2D eigenvalue weighted by atomic mass is 9.90. The Morgan fingerprint density at radius 1 is 1.10 bits per heavy atom. The van der Waals surface area contributed by atoms with Gasteiger partial charge in [0.2, 0.25) is 0 Å². The van der Waals surface area contributed by atoms with Gasteiger partial charge in [0.1, 0.15) is 28.9 Å². The maximum absolute atomic E-state index is 13.0. The molecule has 0 atom stereocenters. The first-order valence-corrected chi connectivity index (χ1v) is 11.2. The first-order chi connectivity index (χ1) is 14.8. The fraction of sp³-hybridized carbons (Fsp3) is 0.217. The molecule has 31 heavy (non-hydrogen) atoms. The fourth-order valence-electron chi connectivity index (χ4n) is 3.93. The van der Waals surface area contributed by atoms with Gasteiger partial charge in [-0.25, -0.2) is 13.4 Å². The zero-order valence-corrected chi connectivity index (χ0v) is 18.2. The zero-order chi connectivity index (χ0) is 22.3. The minimum atomic E-state index is -3.55. The lowest BCUT2D eigenvalue weighted by Crippen LogP contribution is -2.08. The van der Waals surface area contributed by atoms with Crippen LogP contribution in [0.5, 0.6) is 11.5 Å². The van der Waals surface area contributed by atoms with Crippen molar-refractivity contribution in [3.63, 3.8) is 0 Å². The molecule has 1 aliphatic heterocycles. The highest BCUT2D eigenvalue weighted by molar-refractivity contribution is 7.91. The van der Waals surface area contributed by atoms with E-state index in [9.17, 15) is 13.7 Å². The third kappa shape index (κ3) is 3.47. The van der Waals surface area contributed by atoms with Gasteiger partial charge in [0.15, 0.2) is 9.84 Å². The van der Waals surface area contributed by atoms with Crippen molar-refractivity contribution in [2.45, 2.75) is 18.2 Å². The Hall–Kier alpha value is -3.57. The molecule has 1 aromatic heterocycles. The average molecular weight is 436 g/mol. The van der Waals surface area contributed by atoms with Crippen LogP contribution in [0.3, 0.4) is 0 Å². The van der Waals surface area contributed by atoms with Crippen molar-refractivity contribution in [1.29, 1.82) is 5.26 Å². The van der Waals surface area contributed by atoms with Gasteiger partial charge >= 0.3 is 0 Å². The number of ether oxygens (including phenoxy) is 2. The fourth-order valence-corrected chi connectivity index (χ4v) is 5.40. The standard InChI is InChI=1S/C23H21N3O4S/c1-13-4-5-20-18(8-13)21-17(6-7-31(20,27)28)22(26-23(25)19(21)12-24)14-9-15(29-2)11-16(10-14)30-3/h4-5,8-11H,6-7H2,1-3H3,(H2,25,26). The third-order valence-corrected chi connectivity index (χ3v) is 7.19. The number of nitrogens with zero attached hydrogens (tertiary/aromatic N) is 2. The molecule has 0 unspecified atom stereocenters. The summed E-state index contributed by atoms with van der Waals surface area (Å²) in [4.78, 5) is 4.71. The summed E-state index contributed by atoms with van der Waals surface area (Å²) in [7, 11) is -0.459. The van der Waals surface area contributed by atoms with Crippen molar-refractivity contribution in [3.8, 4) is 40.0 Å². The maximum atomic E-state index is 13.0. The van der Waals surface area contributed by atoms with Gasteiger partial charge in [0, 0.05) is 22.8 Å². The van der Waals surface area contributed by atoms with Gasteiger partial charge in [-0.3, -0.25) is 0 Å². The topological polar surface area (TPSA) is 115 Å². The predicted molar refractivity (Wildman–Crippen MR) is 118 cm³/mol. The summed E-state index contributed by atoms with van der Waals surface area (Å²) in [6, 6.07) is 12.6. The van der Waals surface area contributed by atoms with Crippen LogP contribution in [0.25, 0.3) is 22.4 Å². The Morgan fingerprint density at radius 3 is 2.39 bits per heavy atom.